The van der Waals surface area contributed by atoms with Crippen LogP contribution in [0.25, 0.3) is 0 Å². The minimum atomic E-state index is 0.423. The molecule has 2 aromatic rings. The Morgan fingerprint density at radius 3 is 2.54 bits per heavy atom. The van der Waals surface area contributed by atoms with E-state index in [0.29, 0.717) is 12.4 Å². The van der Waals surface area contributed by atoms with Gasteiger partial charge in [0, 0.05) is 13.1 Å². The molecule has 0 amide bonds. The Hall–Kier alpha value is -2.50. The third-order valence-corrected chi connectivity index (χ3v) is 3.65. The number of guanidine groups is 1. The molecule has 0 aliphatic rings. The lowest BCUT2D eigenvalue weighted by Crippen LogP contribution is -2.38. The van der Waals surface area contributed by atoms with Crippen LogP contribution < -0.4 is 15.4 Å². The number of nitrogens with zero attached hydrogens (tertiary/aromatic N) is 2. The molecule has 0 aliphatic carbocycles. The summed E-state index contributed by atoms with van der Waals surface area (Å²) in [5.41, 5.74) is 2.16. The second-order valence-corrected chi connectivity index (χ2v) is 5.47. The molecule has 2 rings (SSSR count). The van der Waals surface area contributed by atoms with Gasteiger partial charge in [0.15, 0.2) is 5.96 Å². The lowest BCUT2D eigenvalue weighted by atomic mass is 10.1. The summed E-state index contributed by atoms with van der Waals surface area (Å²) in [6.45, 7) is 7.91. The quantitative estimate of drug-likeness (QED) is 0.603. The van der Waals surface area contributed by atoms with Gasteiger partial charge in [-0.15, -0.1) is 0 Å². The number of ether oxygens (including phenoxy) is 1. The molecule has 1 aromatic carbocycles. The van der Waals surface area contributed by atoms with Gasteiger partial charge in [-0.05, 0) is 44.9 Å². The molecule has 0 fully saturated rings. The highest BCUT2D eigenvalue weighted by Gasteiger charge is 2.05. The molecule has 2 N–H and O–H groups in total. The number of benzene rings is 1. The van der Waals surface area contributed by atoms with Crippen molar-refractivity contribution in [2.45, 2.75) is 33.7 Å². The topological polar surface area (TPSA) is 71.7 Å². The Bertz CT molecular complexity index is 643. The van der Waals surface area contributed by atoms with Crippen LogP contribution in [0.1, 0.15) is 29.8 Å². The molecule has 0 saturated carbocycles. The van der Waals surface area contributed by atoms with Crippen LogP contribution in [0, 0.1) is 13.8 Å². The highest BCUT2D eigenvalue weighted by atomic mass is 16.5. The van der Waals surface area contributed by atoms with E-state index in [-0.39, 0.29) is 0 Å². The first kappa shape index (κ1) is 17.8. The van der Waals surface area contributed by atoms with Gasteiger partial charge < -0.3 is 19.8 Å². The fourth-order valence-corrected chi connectivity index (χ4v) is 2.21. The number of rotatable bonds is 7. The maximum Gasteiger partial charge on any atom is 0.216 e. The van der Waals surface area contributed by atoms with Crippen molar-refractivity contribution in [1.82, 2.24) is 15.6 Å². The average molecular weight is 330 g/mol. The number of methoxy groups -OCH3 is 1. The lowest BCUT2D eigenvalue weighted by molar-refractivity contribution is 0.414. The summed E-state index contributed by atoms with van der Waals surface area (Å²) >= 11 is 0. The molecule has 0 saturated heterocycles. The van der Waals surface area contributed by atoms with Crippen LogP contribution in [0.2, 0.25) is 0 Å². The van der Waals surface area contributed by atoms with Gasteiger partial charge >= 0.3 is 0 Å². The van der Waals surface area contributed by atoms with Crippen LogP contribution >= 0.6 is 0 Å². The number of oxazole rings is 1. The van der Waals surface area contributed by atoms with Crippen molar-refractivity contribution >= 4 is 5.96 Å². The van der Waals surface area contributed by atoms with E-state index < -0.39 is 0 Å². The van der Waals surface area contributed by atoms with E-state index in [2.05, 4.69) is 32.7 Å². The Labute approximate surface area is 143 Å². The second kappa shape index (κ2) is 8.96. The summed E-state index contributed by atoms with van der Waals surface area (Å²) in [6, 6.07) is 8.09. The Morgan fingerprint density at radius 1 is 1.21 bits per heavy atom. The number of nitrogens with one attached hydrogen (secondary N) is 2. The molecule has 6 nitrogen and oxygen atoms in total. The fraction of sp³-hybridized carbons (Fsp3) is 0.444. The van der Waals surface area contributed by atoms with Crippen molar-refractivity contribution in [2.24, 2.45) is 4.99 Å². The van der Waals surface area contributed by atoms with E-state index in [1.807, 2.05) is 32.9 Å². The average Bonchev–Trinajstić information content (AvgIpc) is 2.91. The number of hydrogen-bond acceptors (Lipinski definition) is 4. The van der Waals surface area contributed by atoms with Crippen LogP contribution in [-0.4, -0.2) is 31.1 Å². The summed E-state index contributed by atoms with van der Waals surface area (Å²) < 4.78 is 10.7. The molecule has 24 heavy (non-hydrogen) atoms. The van der Waals surface area contributed by atoms with E-state index in [1.54, 1.807) is 7.11 Å². The van der Waals surface area contributed by atoms with Crippen molar-refractivity contribution in [3.63, 3.8) is 0 Å². The first-order valence-electron chi connectivity index (χ1n) is 8.20. The maximum absolute atomic E-state index is 5.55. The van der Waals surface area contributed by atoms with Crippen LogP contribution in [0.5, 0.6) is 5.75 Å². The zero-order valence-electron chi connectivity index (χ0n) is 14.8. The third kappa shape index (κ3) is 5.30. The molecule has 1 heterocycles. The second-order valence-electron chi connectivity index (χ2n) is 5.47. The number of hydrogen-bond donors (Lipinski definition) is 2. The maximum atomic E-state index is 5.55. The Balaban J connectivity index is 1.86. The molecule has 1 aromatic heterocycles. The van der Waals surface area contributed by atoms with E-state index >= 15 is 0 Å². The van der Waals surface area contributed by atoms with Crippen molar-refractivity contribution in [1.29, 1.82) is 0 Å². The van der Waals surface area contributed by atoms with Gasteiger partial charge in [0.1, 0.15) is 18.1 Å². The van der Waals surface area contributed by atoms with Gasteiger partial charge in [0.25, 0.3) is 0 Å². The number of aromatic nitrogens is 1. The van der Waals surface area contributed by atoms with Gasteiger partial charge in [-0.2, -0.15) is 0 Å². The normalized spacial score (nSPS) is 11.4. The van der Waals surface area contributed by atoms with Crippen molar-refractivity contribution < 1.29 is 9.15 Å². The molecular formula is C18H26N4O2. The van der Waals surface area contributed by atoms with E-state index in [1.165, 1.54) is 5.56 Å². The highest BCUT2D eigenvalue weighted by Crippen LogP contribution is 2.11. The monoisotopic (exact) mass is 330 g/mol. The van der Waals surface area contributed by atoms with E-state index in [0.717, 1.165) is 42.7 Å². The van der Waals surface area contributed by atoms with E-state index in [4.69, 9.17) is 9.15 Å². The summed E-state index contributed by atoms with van der Waals surface area (Å²) in [4.78, 5) is 8.86. The zero-order valence-corrected chi connectivity index (χ0v) is 14.8. The molecule has 0 spiro atoms. The molecule has 0 aliphatic heterocycles. The molecule has 6 heteroatoms. The molecular weight excluding hydrogens is 304 g/mol. The summed E-state index contributed by atoms with van der Waals surface area (Å²) in [7, 11) is 1.67. The molecule has 0 atom stereocenters. The predicted molar refractivity (Wildman–Crippen MR) is 95.5 cm³/mol. The van der Waals surface area contributed by atoms with Crippen LogP contribution in [0.15, 0.2) is 33.7 Å². The molecule has 0 bridgehead atoms. The van der Waals surface area contributed by atoms with Crippen LogP contribution in [0.4, 0.5) is 0 Å². The third-order valence-electron chi connectivity index (χ3n) is 3.65. The van der Waals surface area contributed by atoms with Gasteiger partial charge in [-0.25, -0.2) is 9.98 Å². The summed E-state index contributed by atoms with van der Waals surface area (Å²) in [5.74, 6) is 3.12. The van der Waals surface area contributed by atoms with Gasteiger partial charge in [0.05, 0.1) is 12.8 Å². The minimum Gasteiger partial charge on any atom is -0.497 e. The number of aliphatic imine (C=N–C) groups is 1. The predicted octanol–water partition coefficient (Wildman–Crippen LogP) is 2.60. The van der Waals surface area contributed by atoms with E-state index in [9.17, 15) is 0 Å². The van der Waals surface area contributed by atoms with Crippen molar-refractivity contribution in [2.75, 3.05) is 20.2 Å². The molecule has 0 radical (unpaired) electrons. The standard InChI is InChI=1S/C18H26N4O2/c1-5-19-18(21-12-17-22-13(2)14(3)24-17)20-11-10-15-6-8-16(23-4)9-7-15/h6-9H,5,10-12H2,1-4H3,(H2,19,20,21). The smallest absolute Gasteiger partial charge is 0.216 e. The van der Waals surface area contributed by atoms with Gasteiger partial charge in [-0.1, -0.05) is 12.1 Å². The fourth-order valence-electron chi connectivity index (χ4n) is 2.21. The number of aryl methyl sites for hydroxylation is 2. The SMILES string of the molecule is CCNC(=NCc1nc(C)c(C)o1)NCCc1ccc(OC)cc1. The minimum absolute atomic E-state index is 0.423. The molecule has 130 valence electrons. The first-order chi connectivity index (χ1) is 11.6. The Morgan fingerprint density at radius 2 is 1.96 bits per heavy atom. The Kier molecular flexibility index (Phi) is 6.66. The molecule has 0 unspecified atom stereocenters. The summed E-state index contributed by atoms with van der Waals surface area (Å²) in [6.07, 6.45) is 0.908. The first-order valence-corrected chi connectivity index (χ1v) is 8.20. The zero-order chi connectivity index (χ0) is 17.4. The van der Waals surface area contributed by atoms with Gasteiger partial charge in [-0.3, -0.25) is 0 Å². The highest BCUT2D eigenvalue weighted by molar-refractivity contribution is 5.79. The largest absolute Gasteiger partial charge is 0.497 e. The van der Waals surface area contributed by atoms with Crippen molar-refractivity contribution in [3.8, 4) is 5.75 Å². The van der Waals surface area contributed by atoms with Crippen molar-refractivity contribution in [3.05, 3.63) is 47.2 Å². The lowest BCUT2D eigenvalue weighted by Gasteiger charge is -2.11. The van der Waals surface area contributed by atoms with Gasteiger partial charge in [0.2, 0.25) is 5.89 Å². The van der Waals surface area contributed by atoms with Crippen LogP contribution in [-0.2, 0) is 13.0 Å². The van der Waals surface area contributed by atoms with Crippen LogP contribution in [0.3, 0.4) is 0 Å². The summed E-state index contributed by atoms with van der Waals surface area (Å²) in [5, 5.41) is 6.56.